The van der Waals surface area contributed by atoms with E-state index in [-0.39, 0.29) is 5.92 Å². The summed E-state index contributed by atoms with van der Waals surface area (Å²) >= 11 is 0. The molecule has 0 spiro atoms. The van der Waals surface area contributed by atoms with Gasteiger partial charge in [-0.25, -0.2) is 4.79 Å². The number of hydrogen-bond acceptors (Lipinski definition) is 3. The Morgan fingerprint density at radius 1 is 1.26 bits per heavy atom. The van der Waals surface area contributed by atoms with E-state index in [0.717, 1.165) is 5.56 Å². The van der Waals surface area contributed by atoms with Crippen molar-refractivity contribution < 1.29 is 14.6 Å². The second-order valence-corrected chi connectivity index (χ2v) is 5.57. The van der Waals surface area contributed by atoms with E-state index < -0.39 is 17.7 Å². The van der Waals surface area contributed by atoms with Gasteiger partial charge in [0.15, 0.2) is 0 Å². The van der Waals surface area contributed by atoms with Gasteiger partial charge in [0.2, 0.25) is 0 Å². The van der Waals surface area contributed by atoms with Crippen molar-refractivity contribution in [2.75, 3.05) is 0 Å². The van der Waals surface area contributed by atoms with Crippen LogP contribution >= 0.6 is 0 Å². The van der Waals surface area contributed by atoms with Crippen LogP contribution in [0, 0.1) is 0 Å². The van der Waals surface area contributed by atoms with Crippen molar-refractivity contribution in [1.29, 1.82) is 0 Å². The molecule has 1 aromatic rings. The van der Waals surface area contributed by atoms with Crippen LogP contribution in [0.3, 0.4) is 0 Å². The van der Waals surface area contributed by atoms with Crippen molar-refractivity contribution in [3.05, 3.63) is 48.0 Å². The van der Waals surface area contributed by atoms with Crippen LogP contribution in [0.2, 0.25) is 0 Å². The largest absolute Gasteiger partial charge is 0.457 e. The molecule has 2 atom stereocenters. The van der Waals surface area contributed by atoms with E-state index in [1.807, 2.05) is 51.1 Å². The van der Waals surface area contributed by atoms with Crippen LogP contribution in [0.1, 0.15) is 39.2 Å². The van der Waals surface area contributed by atoms with Crippen molar-refractivity contribution in [1.82, 2.24) is 0 Å². The zero-order chi connectivity index (χ0) is 14.5. The average Bonchev–Trinajstić information content (AvgIpc) is 2.27. The third kappa shape index (κ3) is 5.71. The number of aliphatic hydroxyl groups excluding tert-OH is 1. The van der Waals surface area contributed by atoms with Gasteiger partial charge in [0.1, 0.15) is 5.60 Å². The lowest BCUT2D eigenvalue weighted by Gasteiger charge is -2.19. The fourth-order valence-corrected chi connectivity index (χ4v) is 1.74. The van der Waals surface area contributed by atoms with E-state index in [1.165, 1.54) is 6.08 Å². The number of ether oxygens (including phenoxy) is 1. The van der Waals surface area contributed by atoms with Crippen LogP contribution in [-0.4, -0.2) is 22.8 Å². The Labute approximate surface area is 114 Å². The summed E-state index contributed by atoms with van der Waals surface area (Å²) in [7, 11) is 0. The van der Waals surface area contributed by atoms with Crippen LogP contribution in [-0.2, 0) is 9.53 Å². The maximum absolute atomic E-state index is 11.6. The Balaban J connectivity index is 2.78. The zero-order valence-electron chi connectivity index (χ0n) is 12.0. The van der Waals surface area contributed by atoms with Gasteiger partial charge in [-0.15, -0.1) is 0 Å². The minimum Gasteiger partial charge on any atom is -0.457 e. The summed E-state index contributed by atoms with van der Waals surface area (Å²) in [6, 6.07) is 9.59. The number of esters is 1. The molecule has 1 aromatic carbocycles. The van der Waals surface area contributed by atoms with Gasteiger partial charge in [0.05, 0.1) is 6.10 Å². The molecule has 0 amide bonds. The Kier molecular flexibility index (Phi) is 5.31. The van der Waals surface area contributed by atoms with Crippen molar-refractivity contribution in [2.24, 2.45) is 0 Å². The van der Waals surface area contributed by atoms with Crippen molar-refractivity contribution >= 4 is 5.97 Å². The lowest BCUT2D eigenvalue weighted by molar-refractivity contribution is -0.148. The Hall–Kier alpha value is -1.61. The highest BCUT2D eigenvalue weighted by atomic mass is 16.6. The first-order valence-electron chi connectivity index (χ1n) is 6.44. The molecule has 0 radical (unpaired) electrons. The summed E-state index contributed by atoms with van der Waals surface area (Å²) in [5, 5.41) is 9.81. The second-order valence-electron chi connectivity index (χ2n) is 5.57. The summed E-state index contributed by atoms with van der Waals surface area (Å²) in [5.74, 6) is -0.609. The molecule has 0 bridgehead atoms. The molecule has 0 unspecified atom stereocenters. The highest BCUT2D eigenvalue weighted by Crippen LogP contribution is 2.21. The van der Waals surface area contributed by atoms with Crippen LogP contribution in [0.25, 0.3) is 0 Å². The highest BCUT2D eigenvalue weighted by Gasteiger charge is 2.17. The SMILES string of the molecule is C[C@H](O)[C@@H](/C=C/C(=O)OC(C)(C)C)c1ccccc1. The molecular weight excluding hydrogens is 240 g/mol. The van der Waals surface area contributed by atoms with E-state index in [9.17, 15) is 9.90 Å². The molecule has 0 heterocycles. The van der Waals surface area contributed by atoms with E-state index in [1.54, 1.807) is 13.0 Å². The van der Waals surface area contributed by atoms with Crippen LogP contribution in [0.5, 0.6) is 0 Å². The first kappa shape index (κ1) is 15.4. The molecule has 1 N–H and O–H groups in total. The smallest absolute Gasteiger partial charge is 0.330 e. The molecule has 0 fully saturated rings. The second kappa shape index (κ2) is 6.53. The van der Waals surface area contributed by atoms with E-state index in [2.05, 4.69) is 0 Å². The predicted octanol–water partition coefficient (Wildman–Crippen LogP) is 3.05. The molecule has 0 saturated heterocycles. The fraction of sp³-hybridized carbons (Fsp3) is 0.438. The van der Waals surface area contributed by atoms with Gasteiger partial charge < -0.3 is 9.84 Å². The molecule has 0 aromatic heterocycles. The topological polar surface area (TPSA) is 46.5 Å². The van der Waals surface area contributed by atoms with Gasteiger partial charge in [-0.3, -0.25) is 0 Å². The minimum atomic E-state index is -0.568. The van der Waals surface area contributed by atoms with Crippen molar-refractivity contribution in [2.45, 2.75) is 45.3 Å². The standard InChI is InChI=1S/C16H22O3/c1-12(17)14(13-8-6-5-7-9-13)10-11-15(18)19-16(2,3)4/h5-12,14,17H,1-4H3/b11-10+/t12-,14+/m0/s1. The number of carbonyl (C=O) groups is 1. The van der Waals surface area contributed by atoms with Crippen LogP contribution < -0.4 is 0 Å². The van der Waals surface area contributed by atoms with Crippen LogP contribution in [0.15, 0.2) is 42.5 Å². The molecule has 0 saturated carbocycles. The first-order chi connectivity index (χ1) is 8.79. The number of benzene rings is 1. The number of hydrogen-bond donors (Lipinski definition) is 1. The van der Waals surface area contributed by atoms with E-state index >= 15 is 0 Å². The molecule has 1 rings (SSSR count). The molecule has 0 aliphatic heterocycles. The highest BCUT2D eigenvalue weighted by molar-refractivity contribution is 5.82. The van der Waals surface area contributed by atoms with Crippen molar-refractivity contribution in [3.8, 4) is 0 Å². The molecule has 0 aliphatic rings. The summed E-state index contributed by atoms with van der Waals surface area (Å²) < 4.78 is 5.20. The third-order valence-electron chi connectivity index (χ3n) is 2.55. The Morgan fingerprint density at radius 3 is 2.32 bits per heavy atom. The number of rotatable bonds is 4. The molecule has 0 aliphatic carbocycles. The Bertz CT molecular complexity index is 427. The van der Waals surface area contributed by atoms with Gasteiger partial charge >= 0.3 is 5.97 Å². The summed E-state index contributed by atoms with van der Waals surface area (Å²) in [4.78, 5) is 11.6. The molecule has 3 nitrogen and oxygen atoms in total. The van der Waals surface area contributed by atoms with Gasteiger partial charge in [-0.05, 0) is 33.3 Å². The zero-order valence-corrected chi connectivity index (χ0v) is 12.0. The van der Waals surface area contributed by atoms with Gasteiger partial charge in [0.25, 0.3) is 0 Å². The Morgan fingerprint density at radius 2 is 1.84 bits per heavy atom. The average molecular weight is 262 g/mol. The molecular formula is C16H22O3. The van der Waals surface area contributed by atoms with E-state index in [0.29, 0.717) is 0 Å². The van der Waals surface area contributed by atoms with Gasteiger partial charge in [-0.1, -0.05) is 36.4 Å². The molecule has 19 heavy (non-hydrogen) atoms. The van der Waals surface area contributed by atoms with Gasteiger partial charge in [0, 0.05) is 12.0 Å². The number of aliphatic hydroxyl groups is 1. The first-order valence-corrected chi connectivity index (χ1v) is 6.44. The lowest BCUT2D eigenvalue weighted by Crippen LogP contribution is -2.23. The monoisotopic (exact) mass is 262 g/mol. The maximum Gasteiger partial charge on any atom is 0.330 e. The summed E-state index contributed by atoms with van der Waals surface area (Å²) in [5.41, 5.74) is 0.464. The predicted molar refractivity (Wildman–Crippen MR) is 75.8 cm³/mol. The summed E-state index contributed by atoms with van der Waals surface area (Å²) in [6.07, 6.45) is 2.50. The van der Waals surface area contributed by atoms with Crippen LogP contribution in [0.4, 0.5) is 0 Å². The third-order valence-corrected chi connectivity index (χ3v) is 2.55. The molecule has 104 valence electrons. The minimum absolute atomic E-state index is 0.214. The maximum atomic E-state index is 11.6. The summed E-state index contributed by atoms with van der Waals surface area (Å²) in [6.45, 7) is 7.17. The van der Waals surface area contributed by atoms with Crippen molar-refractivity contribution in [3.63, 3.8) is 0 Å². The van der Waals surface area contributed by atoms with E-state index in [4.69, 9.17) is 4.74 Å². The quantitative estimate of drug-likeness (QED) is 0.670. The molecule has 3 heteroatoms. The van der Waals surface area contributed by atoms with Gasteiger partial charge in [-0.2, -0.15) is 0 Å². The normalized spacial score (nSPS) is 15.2. The fourth-order valence-electron chi connectivity index (χ4n) is 1.74. The lowest BCUT2D eigenvalue weighted by atomic mass is 9.94. The number of carbonyl (C=O) groups excluding carboxylic acids is 1.